The molecule has 0 aromatic heterocycles. The van der Waals surface area contributed by atoms with Crippen LogP contribution in [0, 0.1) is 0 Å². The molecule has 2 fully saturated rings. The average Bonchev–Trinajstić information content (AvgIpc) is 3.00. The van der Waals surface area contributed by atoms with Crippen LogP contribution in [0.1, 0.15) is 26.2 Å². The molecule has 0 bridgehead atoms. The Kier molecular flexibility index (Phi) is 7.80. The van der Waals surface area contributed by atoms with E-state index in [0.717, 1.165) is 30.4 Å². The Morgan fingerprint density at radius 1 is 1.25 bits per heavy atom. The molecule has 0 spiro atoms. The average molecular weight is 431 g/mol. The first-order valence-corrected chi connectivity index (χ1v) is 9.08. The van der Waals surface area contributed by atoms with Gasteiger partial charge in [0, 0.05) is 30.6 Å². The number of hydrogen-bond acceptors (Lipinski definition) is 4. The Morgan fingerprint density at radius 3 is 2.55 bits per heavy atom. The zero-order valence-electron chi connectivity index (χ0n) is 12.3. The van der Waals surface area contributed by atoms with E-state index in [1.807, 2.05) is 23.5 Å². The lowest BCUT2D eigenvalue weighted by atomic mass is 10.0. The molecule has 2 aliphatic rings. The van der Waals surface area contributed by atoms with Crippen molar-refractivity contribution in [2.24, 2.45) is 4.99 Å². The molecule has 118 valence electrons. The van der Waals surface area contributed by atoms with Gasteiger partial charge in [0.2, 0.25) is 0 Å². The maximum atomic E-state index is 10.3. The van der Waals surface area contributed by atoms with E-state index in [1.165, 1.54) is 18.6 Å². The highest BCUT2D eigenvalue weighted by Crippen LogP contribution is 2.36. The third-order valence-corrected chi connectivity index (χ3v) is 6.59. The Morgan fingerprint density at radius 2 is 2.00 bits per heavy atom. The van der Waals surface area contributed by atoms with E-state index in [1.54, 1.807) is 7.05 Å². The van der Waals surface area contributed by atoms with Crippen LogP contribution in [0.25, 0.3) is 0 Å². The SMILES string of the molecule is CN=C(NCC1(O)CCSC1)NCC1(C)CCCS1.I. The number of halogens is 1. The monoisotopic (exact) mass is 431 g/mol. The summed E-state index contributed by atoms with van der Waals surface area (Å²) in [7, 11) is 1.78. The van der Waals surface area contributed by atoms with Crippen molar-refractivity contribution in [3.63, 3.8) is 0 Å². The second-order valence-electron chi connectivity index (χ2n) is 5.71. The van der Waals surface area contributed by atoms with E-state index < -0.39 is 5.60 Å². The fourth-order valence-corrected chi connectivity index (χ4v) is 4.99. The number of nitrogens with one attached hydrogen (secondary N) is 2. The maximum absolute atomic E-state index is 10.3. The quantitative estimate of drug-likeness (QED) is 0.361. The lowest BCUT2D eigenvalue weighted by Crippen LogP contribution is -2.49. The standard InChI is InChI=1S/C13H25N3OS2.HI/c1-12(4-3-6-19-12)8-15-11(14-2)16-9-13(17)5-7-18-10-13;/h17H,3-10H2,1-2H3,(H2,14,15,16);1H. The van der Waals surface area contributed by atoms with Gasteiger partial charge in [0.05, 0.1) is 5.60 Å². The molecule has 0 aliphatic carbocycles. The van der Waals surface area contributed by atoms with Crippen molar-refractivity contribution in [2.45, 2.75) is 36.5 Å². The third-order valence-electron chi connectivity index (χ3n) is 3.82. The van der Waals surface area contributed by atoms with Gasteiger partial charge in [-0.05, 0) is 37.7 Å². The summed E-state index contributed by atoms with van der Waals surface area (Å²) < 4.78 is 0.331. The van der Waals surface area contributed by atoms with E-state index >= 15 is 0 Å². The molecule has 20 heavy (non-hydrogen) atoms. The smallest absolute Gasteiger partial charge is 0.191 e. The summed E-state index contributed by atoms with van der Waals surface area (Å²) in [4.78, 5) is 4.24. The van der Waals surface area contributed by atoms with Gasteiger partial charge in [0.1, 0.15) is 0 Å². The lowest BCUT2D eigenvalue weighted by Gasteiger charge is -2.26. The molecular weight excluding hydrogens is 405 g/mol. The molecule has 2 unspecified atom stereocenters. The molecule has 2 saturated heterocycles. The molecule has 3 N–H and O–H groups in total. The molecule has 0 aromatic carbocycles. The minimum Gasteiger partial charge on any atom is -0.387 e. The van der Waals surface area contributed by atoms with Crippen LogP contribution in [0.15, 0.2) is 4.99 Å². The van der Waals surface area contributed by atoms with E-state index in [4.69, 9.17) is 0 Å². The summed E-state index contributed by atoms with van der Waals surface area (Å²) in [5, 5.41) is 16.9. The number of nitrogens with zero attached hydrogens (tertiary/aromatic N) is 1. The van der Waals surface area contributed by atoms with Gasteiger partial charge in [0.15, 0.2) is 5.96 Å². The Labute approximate surface area is 147 Å². The molecule has 2 rings (SSSR count). The summed E-state index contributed by atoms with van der Waals surface area (Å²) in [6.07, 6.45) is 3.45. The van der Waals surface area contributed by atoms with Crippen LogP contribution in [0.4, 0.5) is 0 Å². The van der Waals surface area contributed by atoms with Gasteiger partial charge in [-0.3, -0.25) is 4.99 Å². The fraction of sp³-hybridized carbons (Fsp3) is 0.923. The van der Waals surface area contributed by atoms with Gasteiger partial charge in [0.25, 0.3) is 0 Å². The number of guanidine groups is 1. The first kappa shape index (κ1) is 18.7. The van der Waals surface area contributed by atoms with Crippen molar-refractivity contribution < 1.29 is 5.11 Å². The minimum absolute atomic E-state index is 0. The van der Waals surface area contributed by atoms with Crippen molar-refractivity contribution in [3.05, 3.63) is 0 Å². The zero-order chi connectivity index (χ0) is 13.8. The topological polar surface area (TPSA) is 56.7 Å². The van der Waals surface area contributed by atoms with Crippen molar-refractivity contribution in [3.8, 4) is 0 Å². The van der Waals surface area contributed by atoms with Crippen molar-refractivity contribution in [2.75, 3.05) is 37.4 Å². The van der Waals surface area contributed by atoms with Gasteiger partial charge in [-0.15, -0.1) is 24.0 Å². The van der Waals surface area contributed by atoms with Gasteiger partial charge in [-0.2, -0.15) is 23.5 Å². The zero-order valence-corrected chi connectivity index (χ0v) is 16.2. The van der Waals surface area contributed by atoms with Crippen LogP contribution in [0.3, 0.4) is 0 Å². The molecule has 2 atom stereocenters. The Balaban J connectivity index is 0.00000200. The van der Waals surface area contributed by atoms with E-state index in [-0.39, 0.29) is 24.0 Å². The van der Waals surface area contributed by atoms with E-state index in [9.17, 15) is 5.11 Å². The van der Waals surface area contributed by atoms with Gasteiger partial charge >= 0.3 is 0 Å². The van der Waals surface area contributed by atoms with Crippen LogP contribution in [-0.4, -0.2) is 58.8 Å². The molecule has 2 aliphatic heterocycles. The number of hydrogen-bond donors (Lipinski definition) is 3. The summed E-state index contributed by atoms with van der Waals surface area (Å²) in [6, 6.07) is 0. The molecule has 4 nitrogen and oxygen atoms in total. The highest BCUT2D eigenvalue weighted by atomic mass is 127. The summed E-state index contributed by atoms with van der Waals surface area (Å²) in [6.45, 7) is 3.83. The van der Waals surface area contributed by atoms with Crippen LogP contribution >= 0.6 is 47.5 Å². The van der Waals surface area contributed by atoms with E-state index in [0.29, 0.717) is 11.3 Å². The molecule has 7 heteroatoms. The predicted octanol–water partition coefficient (Wildman–Crippen LogP) is 1.92. The molecule has 0 saturated carbocycles. The van der Waals surface area contributed by atoms with Crippen LogP contribution in [-0.2, 0) is 0 Å². The summed E-state index contributed by atoms with van der Waals surface area (Å²) >= 11 is 3.86. The van der Waals surface area contributed by atoms with Crippen LogP contribution < -0.4 is 10.6 Å². The van der Waals surface area contributed by atoms with Crippen LogP contribution in [0.2, 0.25) is 0 Å². The van der Waals surface area contributed by atoms with Crippen molar-refractivity contribution in [1.82, 2.24) is 10.6 Å². The number of aliphatic hydroxyl groups is 1. The Hall–Kier alpha value is 0.660. The predicted molar refractivity (Wildman–Crippen MR) is 102 cm³/mol. The Bertz CT molecular complexity index is 302. The fourth-order valence-electron chi connectivity index (χ4n) is 2.45. The maximum Gasteiger partial charge on any atom is 0.191 e. The largest absolute Gasteiger partial charge is 0.387 e. The molecule has 0 aromatic rings. The number of rotatable bonds is 4. The number of thioether (sulfide) groups is 2. The second kappa shape index (κ2) is 8.33. The summed E-state index contributed by atoms with van der Waals surface area (Å²) in [5.74, 6) is 3.95. The summed E-state index contributed by atoms with van der Waals surface area (Å²) in [5.41, 5.74) is -0.561. The van der Waals surface area contributed by atoms with Crippen LogP contribution in [0.5, 0.6) is 0 Å². The lowest BCUT2D eigenvalue weighted by molar-refractivity contribution is 0.0724. The van der Waals surface area contributed by atoms with Gasteiger partial charge < -0.3 is 15.7 Å². The first-order valence-electron chi connectivity index (χ1n) is 6.94. The molecule has 0 radical (unpaired) electrons. The van der Waals surface area contributed by atoms with Crippen molar-refractivity contribution in [1.29, 1.82) is 0 Å². The number of aliphatic imine (C=N–C) groups is 1. The highest BCUT2D eigenvalue weighted by molar-refractivity contribution is 14.0. The third kappa shape index (κ3) is 5.46. The first-order chi connectivity index (χ1) is 9.05. The second-order valence-corrected chi connectivity index (χ2v) is 8.50. The molecule has 0 amide bonds. The minimum atomic E-state index is -0.561. The van der Waals surface area contributed by atoms with E-state index in [2.05, 4.69) is 22.5 Å². The van der Waals surface area contributed by atoms with Gasteiger partial charge in [-0.25, -0.2) is 0 Å². The molecular formula is C13H26IN3OS2. The molecule has 2 heterocycles. The van der Waals surface area contributed by atoms with Gasteiger partial charge in [-0.1, -0.05) is 0 Å². The normalized spacial score (nSPS) is 33.9. The van der Waals surface area contributed by atoms with Crippen molar-refractivity contribution >= 4 is 53.5 Å². The highest BCUT2D eigenvalue weighted by Gasteiger charge is 2.32.